The van der Waals surface area contributed by atoms with E-state index in [4.69, 9.17) is 12.2 Å². The Morgan fingerprint density at radius 2 is 2.04 bits per heavy atom. The maximum atomic E-state index is 12.5. The third-order valence-corrected chi connectivity index (χ3v) is 4.72. The van der Waals surface area contributed by atoms with Gasteiger partial charge in [-0.05, 0) is 43.6 Å². The number of carbonyl (C=O) groups is 1. The predicted octanol–water partition coefficient (Wildman–Crippen LogP) is 2.90. The van der Waals surface area contributed by atoms with Crippen molar-refractivity contribution in [2.24, 2.45) is 0 Å². The van der Waals surface area contributed by atoms with Crippen LogP contribution in [0.25, 0.3) is 10.9 Å². The van der Waals surface area contributed by atoms with Gasteiger partial charge >= 0.3 is 0 Å². The molecule has 0 saturated heterocycles. The molecular weight excluding hydrogens is 310 g/mol. The summed E-state index contributed by atoms with van der Waals surface area (Å²) in [5.74, 6) is 0.0700. The van der Waals surface area contributed by atoms with Crippen LogP contribution < -0.4 is 10.9 Å². The van der Waals surface area contributed by atoms with Gasteiger partial charge in [-0.3, -0.25) is 14.2 Å². The van der Waals surface area contributed by atoms with Crippen LogP contribution in [0.1, 0.15) is 38.5 Å². The molecule has 6 heteroatoms. The van der Waals surface area contributed by atoms with Crippen molar-refractivity contribution in [3.05, 3.63) is 39.4 Å². The lowest BCUT2D eigenvalue weighted by atomic mass is 10.2. The summed E-state index contributed by atoms with van der Waals surface area (Å²) in [5.41, 5.74) is 0.651. The van der Waals surface area contributed by atoms with Crippen molar-refractivity contribution in [1.82, 2.24) is 14.9 Å². The highest BCUT2D eigenvalue weighted by Gasteiger charge is 2.16. The van der Waals surface area contributed by atoms with Crippen LogP contribution in [0, 0.1) is 4.77 Å². The van der Waals surface area contributed by atoms with Crippen LogP contribution in [-0.4, -0.2) is 21.5 Å². The molecule has 2 aromatic rings. The molecule has 1 aromatic heterocycles. The van der Waals surface area contributed by atoms with Crippen LogP contribution in [0.3, 0.4) is 0 Å². The average Bonchev–Trinajstić information content (AvgIpc) is 3.03. The van der Waals surface area contributed by atoms with Crippen LogP contribution >= 0.6 is 12.2 Å². The standard InChI is InChI=1S/C17H21N3O2S/c21-15(18-12-6-1-2-7-12)10-5-11-20-16(22)13-8-3-4-9-14(13)19-17(20)23/h3-4,8-9,12H,1-2,5-7,10-11H2,(H,18,21)(H,19,23). The monoisotopic (exact) mass is 331 g/mol. The zero-order valence-electron chi connectivity index (χ0n) is 13.0. The molecule has 1 aliphatic carbocycles. The zero-order chi connectivity index (χ0) is 16.2. The molecule has 0 bridgehead atoms. The largest absolute Gasteiger partial charge is 0.353 e. The van der Waals surface area contributed by atoms with E-state index in [9.17, 15) is 9.59 Å². The zero-order valence-corrected chi connectivity index (χ0v) is 13.8. The fourth-order valence-electron chi connectivity index (χ4n) is 3.17. The summed E-state index contributed by atoms with van der Waals surface area (Å²) in [6, 6.07) is 7.66. The molecule has 1 amide bonds. The Hall–Kier alpha value is -1.95. The van der Waals surface area contributed by atoms with Crippen LogP contribution in [-0.2, 0) is 11.3 Å². The summed E-state index contributed by atoms with van der Waals surface area (Å²) < 4.78 is 1.95. The molecule has 0 aliphatic heterocycles. The molecular formula is C17H21N3O2S. The lowest BCUT2D eigenvalue weighted by molar-refractivity contribution is -0.121. The SMILES string of the molecule is O=C(CCCn1c(=S)[nH]c2ccccc2c1=O)NC1CCCC1. The Morgan fingerprint density at radius 1 is 1.30 bits per heavy atom. The highest BCUT2D eigenvalue weighted by molar-refractivity contribution is 7.71. The Labute approximate surface area is 139 Å². The van der Waals surface area contributed by atoms with Crippen molar-refractivity contribution in [2.45, 2.75) is 51.1 Å². The van der Waals surface area contributed by atoms with Gasteiger partial charge < -0.3 is 10.3 Å². The first-order valence-corrected chi connectivity index (χ1v) is 8.57. The van der Waals surface area contributed by atoms with Crippen molar-refractivity contribution in [3.8, 4) is 0 Å². The van der Waals surface area contributed by atoms with Crippen molar-refractivity contribution in [3.63, 3.8) is 0 Å². The van der Waals surface area contributed by atoms with Gasteiger partial charge in [0.2, 0.25) is 5.91 Å². The van der Waals surface area contributed by atoms with Gasteiger partial charge in [-0.1, -0.05) is 25.0 Å². The number of carbonyl (C=O) groups excluding carboxylic acids is 1. The van der Waals surface area contributed by atoms with Gasteiger partial charge in [0, 0.05) is 19.0 Å². The molecule has 1 aliphatic rings. The number of nitrogens with one attached hydrogen (secondary N) is 2. The maximum absolute atomic E-state index is 12.5. The third-order valence-electron chi connectivity index (χ3n) is 4.40. The number of benzene rings is 1. The van der Waals surface area contributed by atoms with Crippen molar-refractivity contribution < 1.29 is 4.79 Å². The van der Waals surface area contributed by atoms with Gasteiger partial charge in [0.1, 0.15) is 0 Å². The third kappa shape index (κ3) is 3.69. The second-order valence-electron chi connectivity index (χ2n) is 6.08. The van der Waals surface area contributed by atoms with Crippen LogP contribution in [0.5, 0.6) is 0 Å². The van der Waals surface area contributed by atoms with E-state index in [0.717, 1.165) is 18.4 Å². The molecule has 3 rings (SSSR count). The fraction of sp³-hybridized carbons (Fsp3) is 0.471. The van der Waals surface area contributed by atoms with Crippen molar-refractivity contribution in [1.29, 1.82) is 0 Å². The fourth-order valence-corrected chi connectivity index (χ4v) is 3.45. The minimum Gasteiger partial charge on any atom is -0.353 e. The van der Waals surface area contributed by atoms with Gasteiger partial charge in [-0.25, -0.2) is 0 Å². The van der Waals surface area contributed by atoms with Gasteiger partial charge in [-0.15, -0.1) is 0 Å². The maximum Gasteiger partial charge on any atom is 0.262 e. The number of nitrogens with zero attached hydrogens (tertiary/aromatic N) is 1. The average molecular weight is 331 g/mol. The Bertz CT molecular complexity index is 818. The highest BCUT2D eigenvalue weighted by atomic mass is 32.1. The first kappa shape index (κ1) is 15.9. The first-order chi connectivity index (χ1) is 11.1. The molecule has 0 radical (unpaired) electrons. The second-order valence-corrected chi connectivity index (χ2v) is 6.47. The van der Waals surface area contributed by atoms with Crippen LogP contribution in [0.4, 0.5) is 0 Å². The number of H-pyrrole nitrogens is 1. The van der Waals surface area contributed by atoms with Crippen LogP contribution in [0.15, 0.2) is 29.1 Å². The topological polar surface area (TPSA) is 66.9 Å². The highest BCUT2D eigenvalue weighted by Crippen LogP contribution is 2.17. The number of hydrogen-bond acceptors (Lipinski definition) is 3. The molecule has 0 spiro atoms. The Balaban J connectivity index is 1.64. The Kier molecular flexibility index (Phi) is 4.91. The molecule has 1 heterocycles. The second kappa shape index (κ2) is 7.08. The first-order valence-electron chi connectivity index (χ1n) is 8.16. The summed E-state index contributed by atoms with van der Waals surface area (Å²) in [6.45, 7) is 0.455. The minimum absolute atomic E-state index is 0.0700. The van der Waals surface area contributed by atoms with E-state index in [1.165, 1.54) is 12.8 Å². The van der Waals surface area contributed by atoms with Gasteiger partial charge in [0.05, 0.1) is 10.9 Å². The molecule has 0 unspecified atom stereocenters. The van der Waals surface area contributed by atoms with E-state index in [-0.39, 0.29) is 11.5 Å². The van der Waals surface area contributed by atoms with Gasteiger partial charge in [-0.2, -0.15) is 0 Å². The number of aromatic nitrogens is 2. The van der Waals surface area contributed by atoms with E-state index < -0.39 is 0 Å². The molecule has 2 N–H and O–H groups in total. The van der Waals surface area contributed by atoms with E-state index in [1.807, 2.05) is 18.2 Å². The summed E-state index contributed by atoms with van der Waals surface area (Å²) in [7, 11) is 0. The minimum atomic E-state index is -0.0967. The van der Waals surface area contributed by atoms with Crippen molar-refractivity contribution in [2.75, 3.05) is 0 Å². The summed E-state index contributed by atoms with van der Waals surface area (Å²) in [5, 5.41) is 3.69. The molecule has 1 saturated carbocycles. The van der Waals surface area contributed by atoms with E-state index >= 15 is 0 Å². The molecule has 122 valence electrons. The molecule has 1 fully saturated rings. The summed E-state index contributed by atoms with van der Waals surface area (Å²) in [4.78, 5) is 27.5. The van der Waals surface area contributed by atoms with Crippen molar-refractivity contribution >= 4 is 29.0 Å². The number of hydrogen-bond donors (Lipinski definition) is 2. The summed E-state index contributed by atoms with van der Waals surface area (Å²) in [6.07, 6.45) is 5.60. The van der Waals surface area contributed by atoms with E-state index in [1.54, 1.807) is 10.6 Å². The van der Waals surface area contributed by atoms with Gasteiger partial charge in [0.25, 0.3) is 5.56 Å². The van der Waals surface area contributed by atoms with E-state index in [0.29, 0.717) is 35.6 Å². The lowest BCUT2D eigenvalue weighted by Gasteiger charge is -2.12. The number of rotatable bonds is 5. The molecule has 23 heavy (non-hydrogen) atoms. The smallest absolute Gasteiger partial charge is 0.262 e. The predicted molar refractivity (Wildman–Crippen MR) is 93.0 cm³/mol. The van der Waals surface area contributed by atoms with Crippen LogP contribution in [0.2, 0.25) is 0 Å². The van der Waals surface area contributed by atoms with E-state index in [2.05, 4.69) is 10.3 Å². The number of para-hydroxylation sites is 1. The quantitative estimate of drug-likeness (QED) is 0.828. The lowest BCUT2D eigenvalue weighted by Crippen LogP contribution is -2.32. The molecule has 0 atom stereocenters. The molecule has 5 nitrogen and oxygen atoms in total. The summed E-state index contributed by atoms with van der Waals surface area (Å²) >= 11 is 5.27. The number of aromatic amines is 1. The van der Waals surface area contributed by atoms with Gasteiger partial charge in [0.15, 0.2) is 4.77 Å². The molecule has 1 aromatic carbocycles. The number of amides is 1. The number of fused-ring (bicyclic) bond motifs is 1. The normalized spacial score (nSPS) is 15.1. The Morgan fingerprint density at radius 3 is 2.83 bits per heavy atom.